The molecule has 28 heavy (non-hydrogen) atoms. The summed E-state index contributed by atoms with van der Waals surface area (Å²) in [5, 5.41) is 1.18. The zero-order valence-corrected chi connectivity index (χ0v) is 17.6. The molecule has 2 fully saturated rings. The molecule has 2 aliphatic rings. The van der Waals surface area contributed by atoms with E-state index in [2.05, 4.69) is 59.7 Å². The molecule has 0 spiro atoms. The first-order valence-corrected chi connectivity index (χ1v) is 10.8. The van der Waals surface area contributed by atoms with Crippen molar-refractivity contribution in [2.75, 3.05) is 46.3 Å². The molecule has 4 rings (SSSR count). The SMILES string of the molecule is CC(C)N1CCN(C(=O)c2ccc3c(ccn3CC3CCCN(C)C3)c2)CC1. The Hall–Kier alpha value is -1.85. The second-order valence-electron chi connectivity index (χ2n) is 8.93. The molecule has 1 aromatic heterocycles. The topological polar surface area (TPSA) is 31.7 Å². The number of benzene rings is 1. The van der Waals surface area contributed by atoms with Gasteiger partial charge in [-0.15, -0.1) is 0 Å². The number of nitrogens with zero attached hydrogens (tertiary/aromatic N) is 4. The fourth-order valence-electron chi connectivity index (χ4n) is 4.82. The monoisotopic (exact) mass is 382 g/mol. The van der Waals surface area contributed by atoms with Gasteiger partial charge in [0.1, 0.15) is 0 Å². The van der Waals surface area contributed by atoms with Gasteiger partial charge in [-0.3, -0.25) is 9.69 Å². The highest BCUT2D eigenvalue weighted by molar-refractivity contribution is 5.98. The van der Waals surface area contributed by atoms with Crippen molar-refractivity contribution >= 4 is 16.8 Å². The van der Waals surface area contributed by atoms with Crippen LogP contribution in [-0.2, 0) is 6.54 Å². The first kappa shape index (κ1) is 19.5. The van der Waals surface area contributed by atoms with E-state index in [4.69, 9.17) is 0 Å². The third kappa shape index (κ3) is 4.11. The van der Waals surface area contributed by atoms with Crippen LogP contribution in [0.25, 0.3) is 10.9 Å². The van der Waals surface area contributed by atoms with Gasteiger partial charge in [0.2, 0.25) is 0 Å². The van der Waals surface area contributed by atoms with E-state index in [1.165, 1.54) is 36.8 Å². The average Bonchev–Trinajstić information content (AvgIpc) is 3.09. The summed E-state index contributed by atoms with van der Waals surface area (Å²) in [5.74, 6) is 0.889. The van der Waals surface area contributed by atoms with Crippen molar-refractivity contribution < 1.29 is 4.79 Å². The quantitative estimate of drug-likeness (QED) is 0.814. The molecule has 0 bridgehead atoms. The van der Waals surface area contributed by atoms with Gasteiger partial charge >= 0.3 is 0 Å². The first-order chi connectivity index (χ1) is 13.5. The smallest absolute Gasteiger partial charge is 0.253 e. The van der Waals surface area contributed by atoms with E-state index in [1.54, 1.807) is 0 Å². The lowest BCUT2D eigenvalue weighted by Crippen LogP contribution is -2.50. The van der Waals surface area contributed by atoms with Crippen molar-refractivity contribution in [3.63, 3.8) is 0 Å². The Labute approximate surface area is 168 Å². The minimum Gasteiger partial charge on any atom is -0.347 e. The number of rotatable bonds is 4. The third-order valence-corrected chi connectivity index (χ3v) is 6.53. The zero-order valence-electron chi connectivity index (χ0n) is 17.6. The number of amides is 1. The fourth-order valence-corrected chi connectivity index (χ4v) is 4.82. The van der Waals surface area contributed by atoms with Gasteiger partial charge in [-0.1, -0.05) is 0 Å². The van der Waals surface area contributed by atoms with Gasteiger partial charge in [0.25, 0.3) is 5.91 Å². The Bertz CT molecular complexity index is 819. The summed E-state index contributed by atoms with van der Waals surface area (Å²) in [7, 11) is 2.22. The van der Waals surface area contributed by atoms with Crippen molar-refractivity contribution in [1.29, 1.82) is 0 Å². The van der Waals surface area contributed by atoms with E-state index in [9.17, 15) is 4.79 Å². The predicted molar refractivity (Wildman–Crippen MR) is 115 cm³/mol. The van der Waals surface area contributed by atoms with E-state index in [0.29, 0.717) is 12.0 Å². The second-order valence-corrected chi connectivity index (χ2v) is 8.93. The maximum Gasteiger partial charge on any atom is 0.253 e. The third-order valence-electron chi connectivity index (χ3n) is 6.53. The number of fused-ring (bicyclic) bond motifs is 1. The molecule has 5 heteroatoms. The molecule has 2 aromatic rings. The molecule has 2 aliphatic heterocycles. The van der Waals surface area contributed by atoms with Crippen molar-refractivity contribution in [3.8, 4) is 0 Å². The minimum atomic E-state index is 0.173. The van der Waals surface area contributed by atoms with Crippen LogP contribution in [0.5, 0.6) is 0 Å². The fraction of sp³-hybridized carbons (Fsp3) is 0.609. The molecule has 0 aliphatic carbocycles. The number of aromatic nitrogens is 1. The average molecular weight is 383 g/mol. The van der Waals surface area contributed by atoms with Crippen LogP contribution in [0.15, 0.2) is 30.5 Å². The minimum absolute atomic E-state index is 0.173. The molecule has 1 aromatic carbocycles. The van der Waals surface area contributed by atoms with Crippen LogP contribution in [0.1, 0.15) is 37.0 Å². The van der Waals surface area contributed by atoms with Crippen molar-refractivity contribution in [2.24, 2.45) is 5.92 Å². The van der Waals surface area contributed by atoms with Gasteiger partial charge in [0.05, 0.1) is 0 Å². The number of likely N-dealkylation sites (tertiary alicyclic amines) is 1. The van der Waals surface area contributed by atoms with E-state index in [-0.39, 0.29) is 5.91 Å². The largest absolute Gasteiger partial charge is 0.347 e. The normalized spacial score (nSPS) is 22.3. The molecule has 1 unspecified atom stereocenters. The summed E-state index contributed by atoms with van der Waals surface area (Å²) < 4.78 is 2.37. The molecular formula is C23H34N4O. The summed E-state index contributed by atoms with van der Waals surface area (Å²) >= 11 is 0. The van der Waals surface area contributed by atoms with Gasteiger partial charge in [-0.25, -0.2) is 0 Å². The summed E-state index contributed by atoms with van der Waals surface area (Å²) in [4.78, 5) is 19.9. The van der Waals surface area contributed by atoms with Crippen LogP contribution < -0.4 is 0 Å². The summed E-state index contributed by atoms with van der Waals surface area (Å²) in [5.41, 5.74) is 2.06. The highest BCUT2D eigenvalue weighted by Crippen LogP contribution is 2.23. The van der Waals surface area contributed by atoms with Crippen LogP contribution in [0.4, 0.5) is 0 Å². The molecule has 0 N–H and O–H groups in total. The number of piperidine rings is 1. The number of piperazine rings is 1. The van der Waals surface area contributed by atoms with Crippen LogP contribution in [0, 0.1) is 5.92 Å². The Kier molecular flexibility index (Phi) is 5.74. The van der Waals surface area contributed by atoms with Crippen molar-refractivity contribution in [1.82, 2.24) is 19.3 Å². The van der Waals surface area contributed by atoms with Crippen LogP contribution in [-0.4, -0.2) is 77.5 Å². The Balaban J connectivity index is 1.44. The number of carbonyl (C=O) groups is 1. The summed E-state index contributed by atoms with van der Waals surface area (Å²) in [6, 6.07) is 8.95. The van der Waals surface area contributed by atoms with E-state index >= 15 is 0 Å². The molecule has 0 radical (unpaired) electrons. The summed E-state index contributed by atoms with van der Waals surface area (Å²) in [6.07, 6.45) is 4.79. The lowest BCUT2D eigenvalue weighted by Gasteiger charge is -2.37. The van der Waals surface area contributed by atoms with Gasteiger partial charge in [-0.05, 0) is 70.5 Å². The van der Waals surface area contributed by atoms with Gasteiger partial charge in [0, 0.05) is 68.0 Å². The second kappa shape index (κ2) is 8.26. The Morgan fingerprint density at radius 3 is 2.61 bits per heavy atom. The van der Waals surface area contributed by atoms with E-state index in [0.717, 1.165) is 38.3 Å². The lowest BCUT2D eigenvalue weighted by atomic mass is 9.98. The van der Waals surface area contributed by atoms with Crippen molar-refractivity contribution in [2.45, 2.75) is 39.3 Å². The Morgan fingerprint density at radius 1 is 1.11 bits per heavy atom. The molecule has 0 saturated carbocycles. The van der Waals surface area contributed by atoms with E-state index in [1.807, 2.05) is 11.0 Å². The molecule has 3 heterocycles. The standard InChI is InChI=1S/C23H34N4O/c1-18(2)25-11-13-26(14-12-25)23(28)21-6-7-22-20(15-21)8-10-27(22)17-19-5-4-9-24(3)16-19/h6-8,10,15,18-19H,4-5,9,11-14,16-17H2,1-3H3. The maximum absolute atomic E-state index is 13.0. The lowest BCUT2D eigenvalue weighted by molar-refractivity contribution is 0.0595. The van der Waals surface area contributed by atoms with Crippen LogP contribution in [0.2, 0.25) is 0 Å². The number of hydrogen-bond acceptors (Lipinski definition) is 3. The van der Waals surface area contributed by atoms with E-state index < -0.39 is 0 Å². The van der Waals surface area contributed by atoms with Gasteiger partial charge in [-0.2, -0.15) is 0 Å². The van der Waals surface area contributed by atoms with Crippen LogP contribution in [0.3, 0.4) is 0 Å². The molecule has 1 amide bonds. The van der Waals surface area contributed by atoms with Gasteiger partial charge < -0.3 is 14.4 Å². The molecular weight excluding hydrogens is 348 g/mol. The highest BCUT2D eigenvalue weighted by atomic mass is 16.2. The number of hydrogen-bond donors (Lipinski definition) is 0. The predicted octanol–water partition coefficient (Wildman–Crippen LogP) is 3.15. The zero-order chi connectivity index (χ0) is 19.7. The molecule has 5 nitrogen and oxygen atoms in total. The first-order valence-electron chi connectivity index (χ1n) is 10.8. The van der Waals surface area contributed by atoms with Crippen molar-refractivity contribution in [3.05, 3.63) is 36.0 Å². The molecule has 1 atom stereocenters. The maximum atomic E-state index is 13.0. The molecule has 152 valence electrons. The number of carbonyl (C=O) groups excluding carboxylic acids is 1. The summed E-state index contributed by atoms with van der Waals surface area (Å²) in [6.45, 7) is 11.5. The highest BCUT2D eigenvalue weighted by Gasteiger charge is 2.24. The van der Waals surface area contributed by atoms with Crippen LogP contribution >= 0.6 is 0 Å². The Morgan fingerprint density at radius 2 is 1.89 bits per heavy atom. The van der Waals surface area contributed by atoms with Gasteiger partial charge in [0.15, 0.2) is 0 Å². The molecule has 2 saturated heterocycles.